The molecule has 1 aliphatic carbocycles. The number of hydrogen-bond acceptors (Lipinski definition) is 4. The van der Waals surface area contributed by atoms with Gasteiger partial charge < -0.3 is 19.7 Å². The minimum atomic E-state index is -0.553. The van der Waals surface area contributed by atoms with Crippen molar-refractivity contribution in [3.05, 3.63) is 58.1 Å². The quantitative estimate of drug-likeness (QED) is 0.488. The van der Waals surface area contributed by atoms with Gasteiger partial charge in [0, 0.05) is 23.5 Å². The summed E-state index contributed by atoms with van der Waals surface area (Å²) < 4.78 is 11.6. The first kappa shape index (κ1) is 25.1. The van der Waals surface area contributed by atoms with Crippen LogP contribution < -0.4 is 14.8 Å². The third kappa shape index (κ3) is 6.97. The summed E-state index contributed by atoms with van der Waals surface area (Å²) in [4.78, 5) is 28.0. The smallest absolute Gasteiger partial charge is 0.242 e. The SMILES string of the molecule is COc1ccc(CCC(=O)N(Cc2cccc(Br)c2)[C@@H](C)C(=O)NC2CCCC2)cc1OC. The van der Waals surface area contributed by atoms with Crippen molar-refractivity contribution in [3.63, 3.8) is 0 Å². The molecule has 1 aliphatic rings. The van der Waals surface area contributed by atoms with E-state index in [-0.39, 0.29) is 17.9 Å². The summed E-state index contributed by atoms with van der Waals surface area (Å²) in [6.45, 7) is 2.19. The van der Waals surface area contributed by atoms with Crippen LogP contribution in [0, 0.1) is 0 Å². The number of carbonyl (C=O) groups is 2. The lowest BCUT2D eigenvalue weighted by Crippen LogP contribution is -2.49. The number of carbonyl (C=O) groups excluding carboxylic acids is 2. The van der Waals surface area contributed by atoms with E-state index < -0.39 is 6.04 Å². The summed E-state index contributed by atoms with van der Waals surface area (Å²) in [5.41, 5.74) is 1.95. The summed E-state index contributed by atoms with van der Waals surface area (Å²) in [7, 11) is 3.19. The van der Waals surface area contributed by atoms with Crippen molar-refractivity contribution >= 4 is 27.7 Å². The lowest BCUT2D eigenvalue weighted by molar-refractivity contribution is -0.140. The highest BCUT2D eigenvalue weighted by Gasteiger charge is 2.28. The molecule has 0 unspecified atom stereocenters. The number of benzene rings is 2. The van der Waals surface area contributed by atoms with Crippen molar-refractivity contribution in [2.75, 3.05) is 14.2 Å². The van der Waals surface area contributed by atoms with E-state index in [9.17, 15) is 9.59 Å². The predicted octanol–water partition coefficient (Wildman–Crippen LogP) is 4.88. The maximum absolute atomic E-state index is 13.3. The molecule has 1 atom stereocenters. The first-order valence-electron chi connectivity index (χ1n) is 11.5. The molecule has 33 heavy (non-hydrogen) atoms. The monoisotopic (exact) mass is 516 g/mol. The van der Waals surface area contributed by atoms with Crippen LogP contribution in [0.1, 0.15) is 50.2 Å². The molecule has 0 saturated heterocycles. The van der Waals surface area contributed by atoms with Crippen LogP contribution in [0.4, 0.5) is 0 Å². The van der Waals surface area contributed by atoms with E-state index in [4.69, 9.17) is 9.47 Å². The fourth-order valence-corrected chi connectivity index (χ4v) is 4.68. The summed E-state index contributed by atoms with van der Waals surface area (Å²) in [6.07, 6.45) is 5.15. The normalized spacial score (nSPS) is 14.5. The van der Waals surface area contributed by atoms with Gasteiger partial charge in [-0.25, -0.2) is 0 Å². The molecule has 1 saturated carbocycles. The zero-order chi connectivity index (χ0) is 23.8. The van der Waals surface area contributed by atoms with Crippen LogP contribution >= 0.6 is 15.9 Å². The molecule has 178 valence electrons. The molecule has 7 heteroatoms. The number of aryl methyl sites for hydroxylation is 1. The average Bonchev–Trinajstić information content (AvgIpc) is 3.33. The highest BCUT2D eigenvalue weighted by atomic mass is 79.9. The van der Waals surface area contributed by atoms with E-state index >= 15 is 0 Å². The summed E-state index contributed by atoms with van der Waals surface area (Å²) in [6, 6.07) is 13.2. The summed E-state index contributed by atoms with van der Waals surface area (Å²) >= 11 is 3.50. The number of rotatable bonds is 10. The van der Waals surface area contributed by atoms with E-state index in [2.05, 4.69) is 21.2 Å². The Morgan fingerprint density at radius 2 is 1.79 bits per heavy atom. The number of methoxy groups -OCH3 is 2. The van der Waals surface area contributed by atoms with Crippen molar-refractivity contribution in [2.24, 2.45) is 0 Å². The van der Waals surface area contributed by atoms with Crippen LogP contribution in [0.3, 0.4) is 0 Å². The Labute approximate surface area is 204 Å². The second-order valence-electron chi connectivity index (χ2n) is 8.51. The van der Waals surface area contributed by atoms with Gasteiger partial charge in [-0.15, -0.1) is 0 Å². The number of nitrogens with one attached hydrogen (secondary N) is 1. The van der Waals surface area contributed by atoms with Crippen LogP contribution in [-0.4, -0.2) is 43.0 Å². The Morgan fingerprint density at radius 1 is 1.06 bits per heavy atom. The van der Waals surface area contributed by atoms with Gasteiger partial charge in [-0.2, -0.15) is 0 Å². The number of ether oxygens (including phenoxy) is 2. The van der Waals surface area contributed by atoms with E-state index in [0.717, 1.165) is 41.3 Å². The van der Waals surface area contributed by atoms with E-state index in [1.165, 1.54) is 0 Å². The van der Waals surface area contributed by atoms with Crippen LogP contribution in [0.5, 0.6) is 11.5 Å². The highest BCUT2D eigenvalue weighted by molar-refractivity contribution is 9.10. The maximum atomic E-state index is 13.3. The van der Waals surface area contributed by atoms with Gasteiger partial charge in [0.05, 0.1) is 14.2 Å². The number of halogens is 1. The zero-order valence-electron chi connectivity index (χ0n) is 19.6. The van der Waals surface area contributed by atoms with Crippen molar-refractivity contribution in [2.45, 2.75) is 64.1 Å². The van der Waals surface area contributed by atoms with Gasteiger partial charge in [-0.3, -0.25) is 9.59 Å². The van der Waals surface area contributed by atoms with Gasteiger partial charge in [0.15, 0.2) is 11.5 Å². The molecular formula is C26H33BrN2O4. The Morgan fingerprint density at radius 3 is 2.45 bits per heavy atom. The first-order chi connectivity index (χ1) is 15.9. The molecule has 1 N–H and O–H groups in total. The van der Waals surface area contributed by atoms with Crippen LogP contribution in [0.15, 0.2) is 46.9 Å². The minimum absolute atomic E-state index is 0.0566. The Hall–Kier alpha value is -2.54. The van der Waals surface area contributed by atoms with Crippen LogP contribution in [-0.2, 0) is 22.6 Å². The van der Waals surface area contributed by atoms with Gasteiger partial charge >= 0.3 is 0 Å². The molecule has 0 aliphatic heterocycles. The average molecular weight is 517 g/mol. The summed E-state index contributed by atoms with van der Waals surface area (Å²) in [5.74, 6) is 1.15. The second-order valence-corrected chi connectivity index (χ2v) is 9.42. The largest absolute Gasteiger partial charge is 0.493 e. The van der Waals surface area contributed by atoms with Crippen molar-refractivity contribution < 1.29 is 19.1 Å². The molecule has 6 nitrogen and oxygen atoms in total. The highest BCUT2D eigenvalue weighted by Crippen LogP contribution is 2.28. The van der Waals surface area contributed by atoms with Crippen molar-refractivity contribution in [1.82, 2.24) is 10.2 Å². The van der Waals surface area contributed by atoms with Crippen LogP contribution in [0.25, 0.3) is 0 Å². The third-order valence-corrected chi connectivity index (χ3v) is 6.68. The van der Waals surface area contributed by atoms with Gasteiger partial charge in [-0.05, 0) is 61.6 Å². The molecular weight excluding hydrogens is 484 g/mol. The van der Waals surface area contributed by atoms with Gasteiger partial charge in [0.1, 0.15) is 6.04 Å². The third-order valence-electron chi connectivity index (χ3n) is 6.19. The van der Waals surface area contributed by atoms with Gasteiger partial charge in [0.25, 0.3) is 0 Å². The molecule has 2 aromatic rings. The molecule has 0 aromatic heterocycles. The minimum Gasteiger partial charge on any atom is -0.493 e. The van der Waals surface area contributed by atoms with Crippen molar-refractivity contribution in [1.29, 1.82) is 0 Å². The molecule has 0 heterocycles. The van der Waals surface area contributed by atoms with Gasteiger partial charge in [0.2, 0.25) is 11.8 Å². The Bertz CT molecular complexity index is 959. The topological polar surface area (TPSA) is 67.9 Å². The molecule has 0 bridgehead atoms. The molecule has 2 amide bonds. The number of hydrogen-bond donors (Lipinski definition) is 1. The Balaban J connectivity index is 1.72. The maximum Gasteiger partial charge on any atom is 0.242 e. The standard InChI is InChI=1S/C26H33BrN2O4/c1-18(26(31)28-22-9-4-5-10-22)29(17-20-7-6-8-21(27)15-20)25(30)14-12-19-11-13-23(32-2)24(16-19)33-3/h6-8,11,13,15-16,18,22H,4-5,9-10,12,14,17H2,1-3H3,(H,28,31)/t18-/m0/s1. The van der Waals surface area contributed by atoms with E-state index in [1.54, 1.807) is 19.1 Å². The second kappa shape index (κ2) is 12.1. The van der Waals surface area contributed by atoms with E-state index in [1.807, 2.05) is 49.4 Å². The molecule has 0 spiro atoms. The number of amides is 2. The van der Waals surface area contributed by atoms with Crippen molar-refractivity contribution in [3.8, 4) is 11.5 Å². The molecule has 0 radical (unpaired) electrons. The Kier molecular flexibility index (Phi) is 9.18. The van der Waals surface area contributed by atoms with Crippen LogP contribution in [0.2, 0.25) is 0 Å². The lowest BCUT2D eigenvalue weighted by atomic mass is 10.1. The summed E-state index contributed by atoms with van der Waals surface area (Å²) in [5, 5.41) is 3.14. The first-order valence-corrected chi connectivity index (χ1v) is 12.3. The van der Waals surface area contributed by atoms with E-state index in [0.29, 0.717) is 30.9 Å². The zero-order valence-corrected chi connectivity index (χ0v) is 21.2. The lowest BCUT2D eigenvalue weighted by Gasteiger charge is -2.30. The fraction of sp³-hybridized carbons (Fsp3) is 0.462. The molecule has 2 aromatic carbocycles. The molecule has 1 fully saturated rings. The number of nitrogens with zero attached hydrogens (tertiary/aromatic N) is 1. The van der Waals surface area contributed by atoms with Gasteiger partial charge in [-0.1, -0.05) is 47.0 Å². The fourth-order valence-electron chi connectivity index (χ4n) is 4.24. The molecule has 3 rings (SSSR count). The predicted molar refractivity (Wildman–Crippen MR) is 132 cm³/mol.